The molecular weight excluding hydrogens is 646 g/mol. The molecule has 6 rings (SSSR count). The molecule has 4 heterocycles. The second-order valence-electron chi connectivity index (χ2n) is 12.6. The zero-order valence-corrected chi connectivity index (χ0v) is 27.2. The van der Waals surface area contributed by atoms with Crippen molar-refractivity contribution < 1.29 is 38.2 Å². The van der Waals surface area contributed by atoms with Crippen molar-refractivity contribution in [2.75, 3.05) is 13.1 Å². The molecule has 0 saturated carbocycles. The lowest BCUT2D eigenvalue weighted by atomic mass is 9.90. The van der Waals surface area contributed by atoms with Crippen LogP contribution >= 0.6 is 18.9 Å². The smallest absolute Gasteiger partial charge is 0.363 e. The van der Waals surface area contributed by atoms with E-state index >= 15 is 0 Å². The molecule has 3 aromatic rings. The van der Waals surface area contributed by atoms with Crippen LogP contribution in [-0.2, 0) is 14.2 Å². The maximum Gasteiger partial charge on any atom is 0.363 e. The van der Waals surface area contributed by atoms with Crippen LogP contribution in [-0.4, -0.2) is 79.7 Å². The lowest BCUT2D eigenvalue weighted by Gasteiger charge is -2.34. The normalized spacial score (nSPS) is 27.4. The average molecular weight is 683 g/mol. The lowest BCUT2D eigenvalue weighted by molar-refractivity contribution is -0.146. The Morgan fingerprint density at radius 2 is 1.81 bits per heavy atom. The van der Waals surface area contributed by atoms with Crippen molar-refractivity contribution in [3.63, 3.8) is 0 Å². The fourth-order valence-electron chi connectivity index (χ4n) is 7.21. The van der Waals surface area contributed by atoms with Crippen LogP contribution in [0.2, 0.25) is 0 Å². The number of carbonyl (C=O) groups excluding carboxylic acids is 3. The van der Waals surface area contributed by atoms with Gasteiger partial charge in [0, 0.05) is 30.1 Å². The maximum absolute atomic E-state index is 14.3. The van der Waals surface area contributed by atoms with Crippen LogP contribution in [0.15, 0.2) is 54.6 Å². The quantitative estimate of drug-likeness (QED) is 0.280. The van der Waals surface area contributed by atoms with E-state index in [1.165, 1.54) is 29.2 Å². The van der Waals surface area contributed by atoms with Gasteiger partial charge < -0.3 is 30.0 Å². The third-order valence-corrected chi connectivity index (χ3v) is 11.6. The van der Waals surface area contributed by atoms with Crippen LogP contribution in [0, 0.1) is 17.2 Å². The summed E-state index contributed by atoms with van der Waals surface area (Å²) in [5.74, 6) is -4.37. The minimum absolute atomic E-state index is 0.0719. The van der Waals surface area contributed by atoms with Crippen molar-refractivity contribution in [3.05, 3.63) is 70.6 Å². The van der Waals surface area contributed by atoms with Crippen LogP contribution in [0.3, 0.4) is 0 Å². The van der Waals surface area contributed by atoms with E-state index in [2.05, 4.69) is 11.4 Å². The molecule has 0 radical (unpaired) electrons. The number of alkyl halides is 1. The molecule has 3 fully saturated rings. The Morgan fingerprint density at radius 1 is 1.06 bits per heavy atom. The van der Waals surface area contributed by atoms with Crippen LogP contribution in [0.4, 0.5) is 4.39 Å². The molecule has 11 nitrogen and oxygen atoms in total. The maximum atomic E-state index is 14.3. The molecular formula is C33H36FN4O7PS. The second-order valence-corrected chi connectivity index (χ2v) is 15.3. The SMILES string of the molecule is N#C[C@@H]1CN(C(=O)[C@@H]2C[C@@H](O)[C@@H]3CCCCC[C@H](NC(=O)c4cc5cc(C(F)P(=O)(O)O)ccc5s4)C(=O)N23)C[C@H]1c1ccccc1. The van der Waals surface area contributed by atoms with E-state index in [1.54, 1.807) is 4.90 Å². The molecule has 3 saturated heterocycles. The number of aliphatic hydroxyl groups is 1. The molecule has 7 atom stereocenters. The number of amides is 3. The van der Waals surface area contributed by atoms with E-state index in [1.807, 2.05) is 30.3 Å². The number of rotatable bonds is 6. The number of nitrogens with one attached hydrogen (secondary N) is 1. The molecule has 0 bridgehead atoms. The summed E-state index contributed by atoms with van der Waals surface area (Å²) < 4.78 is 26.3. The first-order valence-corrected chi connectivity index (χ1v) is 18.2. The van der Waals surface area contributed by atoms with E-state index in [-0.39, 0.29) is 35.2 Å². The number of aliphatic hydroxyl groups excluding tert-OH is 1. The molecule has 0 spiro atoms. The second kappa shape index (κ2) is 13.5. The Labute approximate surface area is 275 Å². The fraction of sp³-hybridized carbons (Fsp3) is 0.455. The number of benzene rings is 2. The van der Waals surface area contributed by atoms with E-state index in [0.29, 0.717) is 35.9 Å². The van der Waals surface area contributed by atoms with Gasteiger partial charge in [-0.15, -0.1) is 11.3 Å². The number of fused-ring (bicyclic) bond motifs is 2. The van der Waals surface area contributed by atoms with Gasteiger partial charge in [0.2, 0.25) is 17.7 Å². The van der Waals surface area contributed by atoms with Crippen LogP contribution in [0.25, 0.3) is 10.1 Å². The Bertz CT molecular complexity index is 1760. The molecule has 3 aliphatic heterocycles. The Balaban J connectivity index is 1.22. The van der Waals surface area contributed by atoms with Gasteiger partial charge in [-0.25, -0.2) is 4.39 Å². The molecule has 14 heteroatoms. The number of hydrogen-bond donors (Lipinski definition) is 4. The van der Waals surface area contributed by atoms with Gasteiger partial charge in [-0.3, -0.25) is 18.9 Å². The zero-order valence-electron chi connectivity index (χ0n) is 25.4. The van der Waals surface area contributed by atoms with Crippen molar-refractivity contribution in [1.29, 1.82) is 5.26 Å². The number of nitriles is 1. The standard InChI is InChI=1S/C33H36FN4O7PS/c34-30(46(43,44)45)20-11-12-28-21(13-20)14-29(47-28)31(40)36-24-9-5-2-6-10-25-27(39)15-26(38(25)32(24)41)33(42)37-17-22(16-35)23(18-37)19-7-3-1-4-8-19/h1,3-4,7-8,11-14,22-27,30,39H,2,5-6,9-10,15,17-18H2,(H,36,40)(H2,43,44,45)/t22-,23+,24+,25+,26+,27-,30?/m1/s1. The van der Waals surface area contributed by atoms with Crippen LogP contribution in [0.5, 0.6) is 0 Å². The van der Waals surface area contributed by atoms with Crippen molar-refractivity contribution in [2.45, 2.75) is 74.6 Å². The summed E-state index contributed by atoms with van der Waals surface area (Å²) >= 11 is 1.10. The number of nitrogens with zero attached hydrogens (tertiary/aromatic N) is 3. The third kappa shape index (κ3) is 6.71. The molecule has 0 aliphatic carbocycles. The van der Waals surface area contributed by atoms with Crippen molar-refractivity contribution in [1.82, 2.24) is 15.1 Å². The lowest BCUT2D eigenvalue weighted by Crippen LogP contribution is -2.56. The highest BCUT2D eigenvalue weighted by molar-refractivity contribution is 7.51. The Morgan fingerprint density at radius 3 is 2.53 bits per heavy atom. The molecule has 248 valence electrons. The molecule has 1 aromatic heterocycles. The highest BCUT2D eigenvalue weighted by Crippen LogP contribution is 2.53. The van der Waals surface area contributed by atoms with E-state index < -0.39 is 55.5 Å². The summed E-state index contributed by atoms with van der Waals surface area (Å²) in [6.45, 7) is 0.546. The number of thiophene rings is 1. The van der Waals surface area contributed by atoms with E-state index in [4.69, 9.17) is 0 Å². The van der Waals surface area contributed by atoms with Crippen LogP contribution < -0.4 is 5.32 Å². The fourth-order valence-corrected chi connectivity index (χ4v) is 8.70. The summed E-state index contributed by atoms with van der Waals surface area (Å²) in [4.78, 5) is 63.6. The molecule has 47 heavy (non-hydrogen) atoms. The summed E-state index contributed by atoms with van der Waals surface area (Å²) in [5, 5.41) is 24.2. The van der Waals surface area contributed by atoms with Gasteiger partial charge in [-0.2, -0.15) is 5.26 Å². The topological polar surface area (TPSA) is 171 Å². The monoisotopic (exact) mass is 682 g/mol. The first-order valence-electron chi connectivity index (χ1n) is 15.7. The summed E-state index contributed by atoms with van der Waals surface area (Å²) in [6.07, 6.45) is 2.19. The number of hydrogen-bond acceptors (Lipinski definition) is 7. The van der Waals surface area contributed by atoms with Crippen molar-refractivity contribution in [3.8, 4) is 6.07 Å². The number of likely N-dealkylation sites (tertiary alicyclic amines) is 1. The van der Waals surface area contributed by atoms with Gasteiger partial charge in [0.15, 0.2) is 0 Å². The van der Waals surface area contributed by atoms with Crippen molar-refractivity contribution >= 4 is 46.7 Å². The third-order valence-electron chi connectivity index (χ3n) is 9.60. The molecule has 1 unspecified atom stereocenters. The van der Waals surface area contributed by atoms with Gasteiger partial charge in [0.1, 0.15) is 12.1 Å². The summed E-state index contributed by atoms with van der Waals surface area (Å²) in [6, 6.07) is 14.9. The van der Waals surface area contributed by atoms with E-state index in [9.17, 15) is 43.5 Å². The minimum Gasteiger partial charge on any atom is -0.391 e. The van der Waals surface area contributed by atoms with Gasteiger partial charge in [-0.1, -0.05) is 55.7 Å². The zero-order chi connectivity index (χ0) is 33.5. The predicted octanol–water partition coefficient (Wildman–Crippen LogP) is 4.21. The van der Waals surface area contributed by atoms with Gasteiger partial charge >= 0.3 is 7.60 Å². The number of halogens is 1. The molecule has 3 amide bonds. The molecule has 4 N–H and O–H groups in total. The predicted molar refractivity (Wildman–Crippen MR) is 172 cm³/mol. The first-order chi connectivity index (χ1) is 22.5. The Kier molecular flexibility index (Phi) is 9.52. The average Bonchev–Trinajstić information content (AvgIpc) is 3.78. The van der Waals surface area contributed by atoms with Crippen molar-refractivity contribution in [2.24, 2.45) is 5.92 Å². The largest absolute Gasteiger partial charge is 0.391 e. The number of carbonyl (C=O) groups is 3. The summed E-state index contributed by atoms with van der Waals surface area (Å²) in [7, 11) is -5.01. The summed E-state index contributed by atoms with van der Waals surface area (Å²) in [5.41, 5.74) is 0.759. The molecule has 3 aliphatic rings. The molecule has 2 aromatic carbocycles. The van der Waals surface area contributed by atoms with Gasteiger partial charge in [0.05, 0.1) is 29.0 Å². The first kappa shape index (κ1) is 33.2. The van der Waals surface area contributed by atoms with Crippen LogP contribution in [0.1, 0.15) is 71.2 Å². The van der Waals surface area contributed by atoms with Gasteiger partial charge in [-0.05, 0) is 47.6 Å². The van der Waals surface area contributed by atoms with Gasteiger partial charge in [0.25, 0.3) is 5.91 Å². The highest BCUT2D eigenvalue weighted by atomic mass is 32.1. The van der Waals surface area contributed by atoms with E-state index in [0.717, 1.165) is 29.7 Å². The Hall–Kier alpha value is -3.66. The minimum atomic E-state index is -5.01. The highest BCUT2D eigenvalue weighted by Gasteiger charge is 2.50.